The highest BCUT2D eigenvalue weighted by atomic mass is 127. The van der Waals surface area contributed by atoms with Crippen LogP contribution in [0.25, 0.3) is 0 Å². The Balaban J connectivity index is 0.00000361. The number of ether oxygens (including phenoxy) is 1. The molecule has 1 saturated heterocycles. The molecule has 1 fully saturated rings. The molecule has 1 heterocycles. The second kappa shape index (κ2) is 9.74. The van der Waals surface area contributed by atoms with E-state index in [1.165, 1.54) is 6.26 Å². The minimum absolute atomic E-state index is 0. The van der Waals surface area contributed by atoms with Gasteiger partial charge in [0.25, 0.3) is 0 Å². The van der Waals surface area contributed by atoms with Crippen LogP contribution in [0, 0.1) is 0 Å². The molecule has 120 valence electrons. The number of aliphatic imine (C=N–C) groups is 1. The van der Waals surface area contributed by atoms with Gasteiger partial charge in [0.15, 0.2) is 5.96 Å². The third kappa shape index (κ3) is 6.55. The first-order valence-corrected chi connectivity index (χ1v) is 8.24. The van der Waals surface area contributed by atoms with Gasteiger partial charge in [-0.3, -0.25) is 4.99 Å². The van der Waals surface area contributed by atoms with Gasteiger partial charge in [0, 0.05) is 39.8 Å². The molecule has 0 spiro atoms. The van der Waals surface area contributed by atoms with Gasteiger partial charge in [-0.1, -0.05) is 0 Å². The van der Waals surface area contributed by atoms with E-state index < -0.39 is 10.0 Å². The van der Waals surface area contributed by atoms with Crippen LogP contribution in [-0.4, -0.2) is 71.4 Å². The molecule has 1 atom stereocenters. The summed E-state index contributed by atoms with van der Waals surface area (Å²) in [6.07, 6.45) is 3.06. The molecular weight excluding hydrogens is 395 g/mol. The minimum atomic E-state index is -3.11. The summed E-state index contributed by atoms with van der Waals surface area (Å²) >= 11 is 0. The summed E-state index contributed by atoms with van der Waals surface area (Å²) in [4.78, 5) is 4.08. The average Bonchev–Trinajstić information content (AvgIpc) is 2.81. The fourth-order valence-electron chi connectivity index (χ4n) is 2.16. The van der Waals surface area contributed by atoms with Gasteiger partial charge in [0.2, 0.25) is 10.0 Å². The van der Waals surface area contributed by atoms with Gasteiger partial charge in [-0.2, -0.15) is 4.31 Å². The molecule has 0 aromatic rings. The van der Waals surface area contributed by atoms with Crippen molar-refractivity contribution >= 4 is 40.0 Å². The molecule has 0 amide bonds. The summed E-state index contributed by atoms with van der Waals surface area (Å²) in [6, 6.07) is 0.0102. The van der Waals surface area contributed by atoms with Gasteiger partial charge >= 0.3 is 0 Å². The monoisotopic (exact) mass is 420 g/mol. The van der Waals surface area contributed by atoms with Crippen LogP contribution in [0.5, 0.6) is 0 Å². The van der Waals surface area contributed by atoms with Crippen LogP contribution >= 0.6 is 24.0 Å². The minimum Gasteiger partial charge on any atom is -0.383 e. The normalized spacial score (nSPS) is 20.6. The van der Waals surface area contributed by atoms with Crippen molar-refractivity contribution in [2.75, 3.05) is 46.7 Å². The van der Waals surface area contributed by atoms with Gasteiger partial charge < -0.3 is 15.4 Å². The number of methoxy groups -OCH3 is 1. The number of rotatable bonds is 6. The number of nitrogens with one attached hydrogen (secondary N) is 2. The Kier molecular flexibility index (Phi) is 9.68. The predicted molar refractivity (Wildman–Crippen MR) is 91.2 cm³/mol. The van der Waals surface area contributed by atoms with E-state index in [4.69, 9.17) is 4.74 Å². The molecule has 1 rings (SSSR count). The van der Waals surface area contributed by atoms with E-state index in [1.54, 1.807) is 18.5 Å². The van der Waals surface area contributed by atoms with E-state index in [1.807, 2.05) is 0 Å². The van der Waals surface area contributed by atoms with E-state index in [0.717, 1.165) is 12.8 Å². The lowest BCUT2D eigenvalue weighted by Crippen LogP contribution is -2.46. The third-order valence-corrected chi connectivity index (χ3v) is 4.41. The van der Waals surface area contributed by atoms with Crippen LogP contribution in [0.15, 0.2) is 4.99 Å². The first kappa shape index (κ1) is 19.9. The number of sulfonamides is 1. The smallest absolute Gasteiger partial charge is 0.211 e. The Morgan fingerprint density at radius 3 is 2.70 bits per heavy atom. The van der Waals surface area contributed by atoms with Crippen molar-refractivity contribution < 1.29 is 13.2 Å². The molecule has 0 bridgehead atoms. The van der Waals surface area contributed by atoms with E-state index in [0.29, 0.717) is 32.2 Å². The van der Waals surface area contributed by atoms with Crippen molar-refractivity contribution in [1.29, 1.82) is 0 Å². The molecule has 0 aromatic heterocycles. The van der Waals surface area contributed by atoms with Gasteiger partial charge in [0.1, 0.15) is 0 Å². The Bertz CT molecular complexity index is 402. The Hall–Kier alpha value is -0.130. The van der Waals surface area contributed by atoms with Crippen molar-refractivity contribution in [1.82, 2.24) is 14.9 Å². The van der Waals surface area contributed by atoms with E-state index in [9.17, 15) is 8.42 Å². The second-order valence-electron chi connectivity index (χ2n) is 4.54. The molecule has 1 aliphatic rings. The van der Waals surface area contributed by atoms with Crippen molar-refractivity contribution in [3.8, 4) is 0 Å². The first-order valence-electron chi connectivity index (χ1n) is 6.39. The van der Waals surface area contributed by atoms with Crippen molar-refractivity contribution in [2.45, 2.75) is 18.9 Å². The summed E-state index contributed by atoms with van der Waals surface area (Å²) in [6.45, 7) is 2.44. The van der Waals surface area contributed by atoms with Crippen LogP contribution in [0.2, 0.25) is 0 Å². The highest BCUT2D eigenvalue weighted by Crippen LogP contribution is 2.19. The van der Waals surface area contributed by atoms with E-state index in [2.05, 4.69) is 15.6 Å². The number of hydrogen-bond donors (Lipinski definition) is 2. The second-order valence-corrected chi connectivity index (χ2v) is 6.48. The predicted octanol–water partition coefficient (Wildman–Crippen LogP) is -0.160. The lowest BCUT2D eigenvalue weighted by atomic mass is 10.2. The van der Waals surface area contributed by atoms with Crippen LogP contribution in [0.3, 0.4) is 0 Å². The Labute approximate surface area is 138 Å². The number of hydrogen-bond acceptors (Lipinski definition) is 4. The largest absolute Gasteiger partial charge is 0.383 e. The standard InChI is InChI=1S/C11H24N4O3S.HI/c1-12-11(13-6-8-18-2)14-9-10-5-4-7-15(10)19(3,16)17;/h10H,4-9H2,1-3H3,(H2,12,13,14);1H/t10-;/m1./s1. The molecule has 0 aromatic carbocycles. The van der Waals surface area contributed by atoms with Crippen LogP contribution < -0.4 is 10.6 Å². The van der Waals surface area contributed by atoms with Gasteiger partial charge in [-0.05, 0) is 12.8 Å². The topological polar surface area (TPSA) is 83.0 Å². The summed E-state index contributed by atoms with van der Waals surface area (Å²) in [7, 11) is 0.211. The number of guanidine groups is 1. The zero-order valence-corrected chi connectivity index (χ0v) is 15.4. The van der Waals surface area contributed by atoms with Crippen molar-refractivity contribution in [3.05, 3.63) is 0 Å². The average molecular weight is 420 g/mol. The molecular formula is C11H25IN4O3S. The van der Waals surface area contributed by atoms with Crippen LogP contribution in [0.1, 0.15) is 12.8 Å². The zero-order chi connectivity index (χ0) is 14.3. The molecule has 20 heavy (non-hydrogen) atoms. The molecule has 0 unspecified atom stereocenters. The van der Waals surface area contributed by atoms with E-state index in [-0.39, 0.29) is 30.0 Å². The van der Waals surface area contributed by atoms with Crippen molar-refractivity contribution in [3.63, 3.8) is 0 Å². The number of nitrogens with zero attached hydrogens (tertiary/aromatic N) is 2. The van der Waals surface area contributed by atoms with Gasteiger partial charge in [-0.15, -0.1) is 24.0 Å². The maximum atomic E-state index is 11.6. The molecule has 7 nitrogen and oxygen atoms in total. The molecule has 9 heteroatoms. The van der Waals surface area contributed by atoms with Crippen molar-refractivity contribution in [2.24, 2.45) is 4.99 Å². The van der Waals surface area contributed by atoms with Crippen LogP contribution in [-0.2, 0) is 14.8 Å². The highest BCUT2D eigenvalue weighted by molar-refractivity contribution is 14.0. The summed E-state index contributed by atoms with van der Waals surface area (Å²) in [5.74, 6) is 0.664. The maximum absolute atomic E-state index is 11.6. The maximum Gasteiger partial charge on any atom is 0.211 e. The number of halogens is 1. The SMILES string of the molecule is CN=C(NCCOC)NC[C@H]1CCCN1S(C)(=O)=O.I. The van der Waals surface area contributed by atoms with Gasteiger partial charge in [-0.25, -0.2) is 8.42 Å². The zero-order valence-electron chi connectivity index (χ0n) is 12.3. The fourth-order valence-corrected chi connectivity index (χ4v) is 3.34. The summed E-state index contributed by atoms with van der Waals surface area (Å²) in [5, 5.41) is 6.24. The Morgan fingerprint density at radius 2 is 2.15 bits per heavy atom. The Morgan fingerprint density at radius 1 is 1.45 bits per heavy atom. The summed E-state index contributed by atoms with van der Waals surface area (Å²) in [5.41, 5.74) is 0. The molecule has 1 aliphatic heterocycles. The van der Waals surface area contributed by atoms with Crippen LogP contribution in [0.4, 0.5) is 0 Å². The third-order valence-electron chi connectivity index (χ3n) is 3.08. The van der Waals surface area contributed by atoms with E-state index >= 15 is 0 Å². The quantitative estimate of drug-likeness (QED) is 0.270. The van der Waals surface area contributed by atoms with Gasteiger partial charge in [0.05, 0.1) is 12.9 Å². The highest BCUT2D eigenvalue weighted by Gasteiger charge is 2.31. The molecule has 2 N–H and O–H groups in total. The lowest BCUT2D eigenvalue weighted by molar-refractivity contribution is 0.203. The fraction of sp³-hybridized carbons (Fsp3) is 0.909. The molecule has 0 radical (unpaired) electrons. The summed E-state index contributed by atoms with van der Waals surface area (Å²) < 4.78 is 29.7. The molecule has 0 saturated carbocycles. The molecule has 0 aliphatic carbocycles. The lowest BCUT2D eigenvalue weighted by Gasteiger charge is -2.23. The first-order chi connectivity index (χ1) is 8.99.